The number of benzene rings is 1. The highest BCUT2D eigenvalue weighted by atomic mass is 16.7. The Morgan fingerprint density at radius 1 is 1.38 bits per heavy atom. The lowest BCUT2D eigenvalue weighted by Gasteiger charge is -2.09. The van der Waals surface area contributed by atoms with Crippen molar-refractivity contribution in [2.24, 2.45) is 5.92 Å². The normalized spacial score (nSPS) is 12.1. The third-order valence-electron chi connectivity index (χ3n) is 2.61. The van der Waals surface area contributed by atoms with Crippen molar-refractivity contribution in [2.45, 2.75) is 26.7 Å². The van der Waals surface area contributed by atoms with Gasteiger partial charge in [-0.3, -0.25) is 0 Å². The molecule has 0 radical (unpaired) electrons. The Morgan fingerprint density at radius 3 is 2.69 bits per heavy atom. The predicted octanol–water partition coefficient (Wildman–Crippen LogP) is 2.78. The maximum atomic E-state index is 11.5. The molecule has 0 aliphatic carbocycles. The molecule has 1 unspecified atom stereocenters. The van der Waals surface area contributed by atoms with E-state index < -0.39 is 0 Å². The highest BCUT2D eigenvalue weighted by molar-refractivity contribution is 5.89. The van der Waals surface area contributed by atoms with Crippen molar-refractivity contribution in [3.05, 3.63) is 35.9 Å². The van der Waals surface area contributed by atoms with Crippen molar-refractivity contribution in [1.29, 1.82) is 0 Å². The third kappa shape index (κ3) is 4.45. The van der Waals surface area contributed by atoms with Crippen LogP contribution < -0.4 is 5.48 Å². The smallest absolute Gasteiger partial charge is 0.356 e. The van der Waals surface area contributed by atoms with Gasteiger partial charge in [0.05, 0.1) is 5.56 Å². The highest BCUT2D eigenvalue weighted by Crippen LogP contribution is 2.04. The molecule has 1 aromatic rings. The van der Waals surface area contributed by atoms with E-state index in [-0.39, 0.29) is 5.97 Å². The first-order valence-electron chi connectivity index (χ1n) is 5.73. The molecule has 0 spiro atoms. The monoisotopic (exact) mass is 221 g/mol. The fourth-order valence-corrected chi connectivity index (χ4v) is 1.26. The van der Waals surface area contributed by atoms with Gasteiger partial charge in [0.15, 0.2) is 0 Å². The fourth-order valence-electron chi connectivity index (χ4n) is 1.26. The lowest BCUT2D eigenvalue weighted by molar-refractivity contribution is 0.0244. The summed E-state index contributed by atoms with van der Waals surface area (Å²) >= 11 is 0. The summed E-state index contributed by atoms with van der Waals surface area (Å²) in [6.45, 7) is 5.04. The van der Waals surface area contributed by atoms with Crippen LogP contribution in [-0.2, 0) is 4.84 Å². The number of nitrogens with one attached hydrogen (secondary N) is 1. The standard InChI is InChI=1S/C13H19NO2/c1-3-11(2)9-10-14-16-13(15)12-7-5-4-6-8-12/h4-8,11,14H,3,9-10H2,1-2H3. The van der Waals surface area contributed by atoms with Crippen LogP contribution in [0, 0.1) is 5.92 Å². The molecule has 3 nitrogen and oxygen atoms in total. The van der Waals surface area contributed by atoms with Crippen LogP contribution in [0.2, 0.25) is 0 Å². The molecule has 0 heterocycles. The molecule has 1 rings (SSSR count). The van der Waals surface area contributed by atoms with Crippen LogP contribution in [0.4, 0.5) is 0 Å². The van der Waals surface area contributed by atoms with E-state index in [0.717, 1.165) is 12.8 Å². The number of hydroxylamine groups is 1. The molecule has 0 aliphatic heterocycles. The molecule has 16 heavy (non-hydrogen) atoms. The van der Waals surface area contributed by atoms with Crippen molar-refractivity contribution >= 4 is 5.97 Å². The summed E-state index contributed by atoms with van der Waals surface area (Å²) in [5, 5.41) is 0. The van der Waals surface area contributed by atoms with Crippen LogP contribution in [0.3, 0.4) is 0 Å². The number of carbonyl (C=O) groups is 1. The van der Waals surface area contributed by atoms with Crippen molar-refractivity contribution in [3.8, 4) is 0 Å². The molecular weight excluding hydrogens is 202 g/mol. The molecule has 0 saturated carbocycles. The van der Waals surface area contributed by atoms with Crippen LogP contribution in [0.1, 0.15) is 37.0 Å². The summed E-state index contributed by atoms with van der Waals surface area (Å²) in [4.78, 5) is 16.4. The number of rotatable bonds is 6. The second-order valence-corrected chi connectivity index (χ2v) is 3.95. The average Bonchev–Trinajstić information content (AvgIpc) is 2.35. The van der Waals surface area contributed by atoms with E-state index in [0.29, 0.717) is 18.0 Å². The molecule has 0 amide bonds. The molecule has 3 heteroatoms. The summed E-state index contributed by atoms with van der Waals surface area (Å²) < 4.78 is 0. The predicted molar refractivity (Wildman–Crippen MR) is 63.9 cm³/mol. The van der Waals surface area contributed by atoms with Crippen LogP contribution in [0.5, 0.6) is 0 Å². The molecule has 1 aromatic carbocycles. The maximum Gasteiger partial charge on any atom is 0.356 e. The molecule has 0 saturated heterocycles. The van der Waals surface area contributed by atoms with Gasteiger partial charge in [-0.25, -0.2) is 4.79 Å². The zero-order valence-electron chi connectivity index (χ0n) is 9.90. The van der Waals surface area contributed by atoms with E-state index >= 15 is 0 Å². The van der Waals surface area contributed by atoms with Gasteiger partial charge in [-0.15, -0.1) is 0 Å². The van der Waals surface area contributed by atoms with Gasteiger partial charge in [-0.2, -0.15) is 5.48 Å². The van der Waals surface area contributed by atoms with Gasteiger partial charge in [-0.1, -0.05) is 38.5 Å². The largest absolute Gasteiger partial charge is 0.367 e. The average molecular weight is 221 g/mol. The summed E-state index contributed by atoms with van der Waals surface area (Å²) in [6.07, 6.45) is 2.16. The molecule has 0 bridgehead atoms. The molecule has 0 aromatic heterocycles. The Kier molecular flexibility index (Phi) is 5.57. The summed E-state index contributed by atoms with van der Waals surface area (Å²) in [5.74, 6) is 0.327. The van der Waals surface area contributed by atoms with Crippen molar-refractivity contribution in [1.82, 2.24) is 5.48 Å². The molecular formula is C13H19NO2. The zero-order valence-corrected chi connectivity index (χ0v) is 9.90. The Bertz CT molecular complexity index is 311. The maximum absolute atomic E-state index is 11.5. The molecule has 0 aliphatic rings. The molecule has 1 N–H and O–H groups in total. The van der Waals surface area contributed by atoms with Crippen molar-refractivity contribution in [2.75, 3.05) is 6.54 Å². The van der Waals surface area contributed by atoms with E-state index in [9.17, 15) is 4.79 Å². The van der Waals surface area contributed by atoms with Crippen molar-refractivity contribution < 1.29 is 9.63 Å². The third-order valence-corrected chi connectivity index (χ3v) is 2.61. The quantitative estimate of drug-likeness (QED) is 0.593. The lowest BCUT2D eigenvalue weighted by atomic mass is 10.1. The molecule has 88 valence electrons. The Hall–Kier alpha value is -1.35. The van der Waals surface area contributed by atoms with Crippen LogP contribution in [0.25, 0.3) is 0 Å². The van der Waals surface area contributed by atoms with Gasteiger partial charge >= 0.3 is 5.97 Å². The van der Waals surface area contributed by atoms with E-state index in [1.807, 2.05) is 18.2 Å². The van der Waals surface area contributed by atoms with Crippen LogP contribution >= 0.6 is 0 Å². The second-order valence-electron chi connectivity index (χ2n) is 3.95. The SMILES string of the molecule is CCC(C)CCNOC(=O)c1ccccc1. The van der Waals surface area contributed by atoms with Crippen molar-refractivity contribution in [3.63, 3.8) is 0 Å². The minimum Gasteiger partial charge on any atom is -0.367 e. The summed E-state index contributed by atoms with van der Waals surface area (Å²) in [6, 6.07) is 8.97. The van der Waals surface area contributed by atoms with E-state index in [1.54, 1.807) is 12.1 Å². The van der Waals surface area contributed by atoms with E-state index in [4.69, 9.17) is 4.84 Å². The Balaban J connectivity index is 2.21. The number of hydrogen-bond donors (Lipinski definition) is 1. The van der Waals surface area contributed by atoms with Gasteiger partial charge < -0.3 is 4.84 Å². The van der Waals surface area contributed by atoms with Gasteiger partial charge in [0.2, 0.25) is 0 Å². The topological polar surface area (TPSA) is 38.3 Å². The van der Waals surface area contributed by atoms with Gasteiger partial charge in [0.25, 0.3) is 0 Å². The van der Waals surface area contributed by atoms with Gasteiger partial charge in [0.1, 0.15) is 0 Å². The van der Waals surface area contributed by atoms with Crippen LogP contribution in [0.15, 0.2) is 30.3 Å². The van der Waals surface area contributed by atoms with Gasteiger partial charge in [0, 0.05) is 6.54 Å². The minimum absolute atomic E-state index is 0.329. The zero-order chi connectivity index (χ0) is 11.8. The Labute approximate surface area is 96.8 Å². The first-order valence-corrected chi connectivity index (χ1v) is 5.73. The highest BCUT2D eigenvalue weighted by Gasteiger charge is 2.05. The number of hydrogen-bond acceptors (Lipinski definition) is 3. The second kappa shape index (κ2) is 7.01. The summed E-state index contributed by atoms with van der Waals surface area (Å²) in [5.41, 5.74) is 3.27. The first-order chi connectivity index (χ1) is 7.74. The summed E-state index contributed by atoms with van der Waals surface area (Å²) in [7, 11) is 0. The van der Waals surface area contributed by atoms with Crippen LogP contribution in [-0.4, -0.2) is 12.5 Å². The molecule has 0 fully saturated rings. The van der Waals surface area contributed by atoms with Gasteiger partial charge in [-0.05, 0) is 24.5 Å². The lowest BCUT2D eigenvalue weighted by Crippen LogP contribution is -2.22. The fraction of sp³-hybridized carbons (Fsp3) is 0.462. The molecule has 1 atom stereocenters. The van der Waals surface area contributed by atoms with E-state index in [2.05, 4.69) is 19.3 Å². The van der Waals surface area contributed by atoms with E-state index in [1.165, 1.54) is 0 Å². The number of carbonyl (C=O) groups excluding carboxylic acids is 1. The minimum atomic E-state index is -0.329. The Morgan fingerprint density at radius 2 is 2.06 bits per heavy atom. The first kappa shape index (κ1) is 12.7.